The molecule has 17 heavy (non-hydrogen) atoms. The normalized spacial score (nSPS) is 19.6. The Morgan fingerprint density at radius 1 is 1.18 bits per heavy atom. The molecule has 0 bridgehead atoms. The lowest BCUT2D eigenvalue weighted by molar-refractivity contribution is 0.267. The lowest BCUT2D eigenvalue weighted by Gasteiger charge is -2.28. The number of fused-ring (bicyclic) bond motifs is 1. The molecule has 0 unspecified atom stereocenters. The number of nitrogens with zero attached hydrogens (tertiary/aromatic N) is 2. The Balaban J connectivity index is 1.92. The van der Waals surface area contributed by atoms with Crippen molar-refractivity contribution in [2.45, 2.75) is 45.1 Å². The standard InChI is InChI=1S/C15H20N2/c1-12(13-7-3-2-4-8-13)17-11-16-14-9-5-6-10-15(14)17/h5-6,9-13H,2-4,7-8H2,1H3/t12-/m0/s1. The molecule has 0 N–H and O–H groups in total. The van der Waals surface area contributed by atoms with E-state index < -0.39 is 0 Å². The molecule has 3 rings (SSSR count). The zero-order chi connectivity index (χ0) is 11.7. The second-order valence-corrected chi connectivity index (χ2v) is 5.28. The fourth-order valence-corrected chi connectivity index (χ4v) is 3.15. The minimum Gasteiger partial charge on any atom is -0.327 e. The molecule has 1 aliphatic carbocycles. The van der Waals surface area contributed by atoms with Gasteiger partial charge in [0.15, 0.2) is 0 Å². The van der Waals surface area contributed by atoms with Crippen molar-refractivity contribution in [2.75, 3.05) is 0 Å². The first-order chi connectivity index (χ1) is 8.36. The van der Waals surface area contributed by atoms with E-state index in [1.54, 1.807) is 0 Å². The van der Waals surface area contributed by atoms with Gasteiger partial charge in [-0.2, -0.15) is 0 Å². The van der Waals surface area contributed by atoms with Gasteiger partial charge >= 0.3 is 0 Å². The van der Waals surface area contributed by atoms with Crippen LogP contribution in [0.5, 0.6) is 0 Å². The van der Waals surface area contributed by atoms with Crippen molar-refractivity contribution in [3.8, 4) is 0 Å². The molecule has 1 fully saturated rings. The summed E-state index contributed by atoms with van der Waals surface area (Å²) in [4.78, 5) is 4.50. The summed E-state index contributed by atoms with van der Waals surface area (Å²) in [5.74, 6) is 0.835. The van der Waals surface area contributed by atoms with Crippen LogP contribution in [0.1, 0.15) is 45.1 Å². The Bertz CT molecular complexity index is 494. The molecular formula is C15H20N2. The van der Waals surface area contributed by atoms with E-state index in [-0.39, 0.29) is 0 Å². The number of imidazole rings is 1. The largest absolute Gasteiger partial charge is 0.327 e. The van der Waals surface area contributed by atoms with Crippen molar-refractivity contribution in [3.63, 3.8) is 0 Å². The van der Waals surface area contributed by atoms with Crippen molar-refractivity contribution in [1.29, 1.82) is 0 Å². The van der Waals surface area contributed by atoms with Crippen molar-refractivity contribution >= 4 is 11.0 Å². The maximum Gasteiger partial charge on any atom is 0.0960 e. The van der Waals surface area contributed by atoms with Gasteiger partial charge in [0.25, 0.3) is 0 Å². The molecule has 0 radical (unpaired) electrons. The molecule has 2 aromatic rings. The Morgan fingerprint density at radius 3 is 2.76 bits per heavy atom. The molecule has 1 heterocycles. The first kappa shape index (κ1) is 10.8. The van der Waals surface area contributed by atoms with Crippen LogP contribution in [-0.4, -0.2) is 9.55 Å². The van der Waals surface area contributed by atoms with Gasteiger partial charge in [0.1, 0.15) is 0 Å². The molecule has 1 atom stereocenters. The predicted molar refractivity (Wildman–Crippen MR) is 71.0 cm³/mol. The maximum atomic E-state index is 4.50. The molecule has 0 saturated heterocycles. The minimum absolute atomic E-state index is 0.586. The quantitative estimate of drug-likeness (QED) is 0.754. The molecule has 1 aromatic carbocycles. The Kier molecular flexibility index (Phi) is 2.87. The van der Waals surface area contributed by atoms with Crippen LogP contribution >= 0.6 is 0 Å². The molecule has 2 heteroatoms. The highest BCUT2D eigenvalue weighted by Gasteiger charge is 2.22. The van der Waals surface area contributed by atoms with Crippen LogP contribution in [0.3, 0.4) is 0 Å². The Morgan fingerprint density at radius 2 is 1.94 bits per heavy atom. The van der Waals surface area contributed by atoms with Gasteiger partial charge in [0, 0.05) is 6.04 Å². The highest BCUT2D eigenvalue weighted by atomic mass is 15.1. The predicted octanol–water partition coefficient (Wildman–Crippen LogP) is 4.18. The van der Waals surface area contributed by atoms with Crippen LogP contribution in [0.4, 0.5) is 0 Å². The molecule has 2 nitrogen and oxygen atoms in total. The molecule has 1 saturated carbocycles. The van der Waals surface area contributed by atoms with Gasteiger partial charge in [-0.05, 0) is 37.8 Å². The molecule has 1 aliphatic rings. The average Bonchev–Trinajstić information content (AvgIpc) is 2.83. The second-order valence-electron chi connectivity index (χ2n) is 5.28. The molecular weight excluding hydrogens is 208 g/mol. The fraction of sp³-hybridized carbons (Fsp3) is 0.533. The van der Waals surface area contributed by atoms with E-state index in [0.29, 0.717) is 6.04 Å². The second kappa shape index (κ2) is 4.52. The van der Waals surface area contributed by atoms with Gasteiger partial charge in [-0.15, -0.1) is 0 Å². The molecule has 0 spiro atoms. The summed E-state index contributed by atoms with van der Waals surface area (Å²) in [5.41, 5.74) is 2.40. The molecule has 1 aromatic heterocycles. The highest BCUT2D eigenvalue weighted by Crippen LogP contribution is 2.33. The summed E-state index contributed by atoms with van der Waals surface area (Å²) in [6.45, 7) is 2.35. The maximum absolute atomic E-state index is 4.50. The topological polar surface area (TPSA) is 17.8 Å². The average molecular weight is 228 g/mol. The SMILES string of the molecule is C[C@@H](C1CCCCC1)n1cnc2ccccc21. The van der Waals surface area contributed by atoms with Gasteiger partial charge in [0.05, 0.1) is 17.4 Å². The summed E-state index contributed by atoms with van der Waals surface area (Å²) in [6, 6.07) is 9.03. The van der Waals surface area contributed by atoms with Crippen LogP contribution in [0.25, 0.3) is 11.0 Å². The van der Waals surface area contributed by atoms with Crippen LogP contribution in [0.15, 0.2) is 30.6 Å². The molecule has 0 amide bonds. The summed E-state index contributed by atoms with van der Waals surface area (Å²) >= 11 is 0. The molecule has 90 valence electrons. The van der Waals surface area contributed by atoms with E-state index in [1.165, 1.54) is 37.6 Å². The smallest absolute Gasteiger partial charge is 0.0960 e. The summed E-state index contributed by atoms with van der Waals surface area (Å²) in [5, 5.41) is 0. The van der Waals surface area contributed by atoms with Gasteiger partial charge in [0.2, 0.25) is 0 Å². The Labute approximate surface area is 103 Å². The minimum atomic E-state index is 0.586. The third-order valence-electron chi connectivity index (χ3n) is 4.25. The highest BCUT2D eigenvalue weighted by molar-refractivity contribution is 5.75. The van der Waals surface area contributed by atoms with E-state index in [9.17, 15) is 0 Å². The van der Waals surface area contributed by atoms with Gasteiger partial charge < -0.3 is 4.57 Å². The van der Waals surface area contributed by atoms with Crippen molar-refractivity contribution in [3.05, 3.63) is 30.6 Å². The third kappa shape index (κ3) is 1.97. The fourth-order valence-electron chi connectivity index (χ4n) is 3.15. The van der Waals surface area contributed by atoms with Crippen molar-refractivity contribution < 1.29 is 0 Å². The van der Waals surface area contributed by atoms with Crippen LogP contribution in [0, 0.1) is 5.92 Å². The number of aromatic nitrogens is 2. The third-order valence-corrected chi connectivity index (χ3v) is 4.25. The summed E-state index contributed by atoms with van der Waals surface area (Å²) in [7, 11) is 0. The van der Waals surface area contributed by atoms with Crippen LogP contribution < -0.4 is 0 Å². The van der Waals surface area contributed by atoms with Gasteiger partial charge in [-0.1, -0.05) is 31.4 Å². The summed E-state index contributed by atoms with van der Waals surface area (Å²) in [6.07, 6.45) is 9.02. The Hall–Kier alpha value is -1.31. The van der Waals surface area contributed by atoms with Crippen LogP contribution in [-0.2, 0) is 0 Å². The van der Waals surface area contributed by atoms with Crippen molar-refractivity contribution in [1.82, 2.24) is 9.55 Å². The lowest BCUT2D eigenvalue weighted by Crippen LogP contribution is -2.18. The lowest BCUT2D eigenvalue weighted by atomic mass is 9.84. The van der Waals surface area contributed by atoms with E-state index in [0.717, 1.165) is 11.4 Å². The van der Waals surface area contributed by atoms with Gasteiger partial charge in [-0.25, -0.2) is 4.98 Å². The van der Waals surface area contributed by atoms with Crippen molar-refractivity contribution in [2.24, 2.45) is 5.92 Å². The van der Waals surface area contributed by atoms with E-state index in [1.807, 2.05) is 6.33 Å². The van der Waals surface area contributed by atoms with Gasteiger partial charge in [-0.3, -0.25) is 0 Å². The number of rotatable bonds is 2. The first-order valence-electron chi connectivity index (χ1n) is 6.78. The zero-order valence-corrected chi connectivity index (χ0v) is 10.5. The number of para-hydroxylation sites is 2. The first-order valence-corrected chi connectivity index (χ1v) is 6.78. The van der Waals surface area contributed by atoms with E-state index in [2.05, 4.69) is 40.7 Å². The van der Waals surface area contributed by atoms with E-state index in [4.69, 9.17) is 0 Å². The van der Waals surface area contributed by atoms with E-state index >= 15 is 0 Å². The zero-order valence-electron chi connectivity index (χ0n) is 10.5. The number of benzene rings is 1. The van der Waals surface area contributed by atoms with Crippen LogP contribution in [0.2, 0.25) is 0 Å². The monoisotopic (exact) mass is 228 g/mol. The molecule has 0 aliphatic heterocycles. The number of hydrogen-bond donors (Lipinski definition) is 0. The number of hydrogen-bond acceptors (Lipinski definition) is 1. The summed E-state index contributed by atoms with van der Waals surface area (Å²) < 4.78 is 2.37.